The van der Waals surface area contributed by atoms with Crippen molar-refractivity contribution in [3.05, 3.63) is 35.9 Å². The van der Waals surface area contributed by atoms with Crippen molar-refractivity contribution in [2.24, 2.45) is 17.8 Å². The SMILES string of the molecule is CC(=O)N[C@H](C(=O)N[C@H](C(=O)N[C@@H](CC(C)C)C(=O)N[C@@H](C[C@@H]1CCNC1=O)[C@]1(O)CS1)[C@@H](C)OCc1ccccc1)C(C)C. The van der Waals surface area contributed by atoms with E-state index in [0.717, 1.165) is 5.56 Å². The van der Waals surface area contributed by atoms with Crippen molar-refractivity contribution < 1.29 is 33.8 Å². The first-order chi connectivity index (χ1) is 21.2. The molecular formula is C32H49N5O7S. The van der Waals surface area contributed by atoms with Gasteiger partial charge in [0.15, 0.2) is 0 Å². The van der Waals surface area contributed by atoms with Crippen LogP contribution in [0.2, 0.25) is 0 Å². The number of thioether (sulfide) groups is 1. The summed E-state index contributed by atoms with van der Waals surface area (Å²) >= 11 is 1.30. The van der Waals surface area contributed by atoms with Crippen molar-refractivity contribution in [3.8, 4) is 0 Å². The minimum absolute atomic E-state index is 0.0170. The molecule has 2 aliphatic rings. The summed E-state index contributed by atoms with van der Waals surface area (Å²) in [6.45, 7) is 11.1. The Hall–Kier alpha value is -3.16. The van der Waals surface area contributed by atoms with E-state index in [9.17, 15) is 29.1 Å². The number of carbonyl (C=O) groups is 5. The summed E-state index contributed by atoms with van der Waals surface area (Å²) < 4.78 is 6.02. The highest BCUT2D eigenvalue weighted by Crippen LogP contribution is 2.46. The molecule has 3 rings (SSSR count). The fourth-order valence-corrected chi connectivity index (χ4v) is 6.02. The van der Waals surface area contributed by atoms with Gasteiger partial charge in [-0.05, 0) is 43.6 Å². The molecule has 0 bridgehead atoms. The maximum atomic E-state index is 13.9. The van der Waals surface area contributed by atoms with E-state index < -0.39 is 52.9 Å². The quantitative estimate of drug-likeness (QED) is 0.137. The molecule has 0 saturated carbocycles. The van der Waals surface area contributed by atoms with Crippen LogP contribution in [0.1, 0.15) is 66.4 Å². The molecule has 1 aromatic rings. The van der Waals surface area contributed by atoms with Crippen molar-refractivity contribution in [1.82, 2.24) is 26.6 Å². The topological polar surface area (TPSA) is 175 Å². The predicted molar refractivity (Wildman–Crippen MR) is 172 cm³/mol. The number of benzene rings is 1. The van der Waals surface area contributed by atoms with Crippen LogP contribution in [0.3, 0.4) is 0 Å². The van der Waals surface area contributed by atoms with Crippen LogP contribution in [0.15, 0.2) is 30.3 Å². The first kappa shape index (κ1) is 36.3. The van der Waals surface area contributed by atoms with Crippen LogP contribution in [0.4, 0.5) is 0 Å². The zero-order chi connectivity index (χ0) is 33.3. The highest BCUT2D eigenvalue weighted by molar-refractivity contribution is 8.07. The summed E-state index contributed by atoms with van der Waals surface area (Å²) in [5, 5.41) is 24.9. The van der Waals surface area contributed by atoms with Gasteiger partial charge in [0.05, 0.1) is 18.8 Å². The zero-order valence-electron chi connectivity index (χ0n) is 27.1. The van der Waals surface area contributed by atoms with E-state index in [-0.39, 0.29) is 42.6 Å². The molecule has 2 saturated heterocycles. The van der Waals surface area contributed by atoms with Crippen LogP contribution in [0.5, 0.6) is 0 Å². The molecule has 0 radical (unpaired) electrons. The Morgan fingerprint density at radius 2 is 1.62 bits per heavy atom. The van der Waals surface area contributed by atoms with E-state index in [1.807, 2.05) is 44.2 Å². The van der Waals surface area contributed by atoms with Crippen molar-refractivity contribution in [2.45, 2.75) is 103 Å². The number of hydrogen-bond acceptors (Lipinski definition) is 8. The van der Waals surface area contributed by atoms with Crippen molar-refractivity contribution in [1.29, 1.82) is 0 Å². The molecule has 12 nitrogen and oxygen atoms in total. The van der Waals surface area contributed by atoms with E-state index >= 15 is 0 Å². The molecule has 0 spiro atoms. The molecule has 0 unspecified atom stereocenters. The molecule has 7 atom stereocenters. The van der Waals surface area contributed by atoms with Crippen molar-refractivity contribution in [2.75, 3.05) is 12.3 Å². The number of carbonyl (C=O) groups excluding carboxylic acids is 5. The fourth-order valence-electron chi connectivity index (χ4n) is 5.31. The number of ether oxygens (including phenoxy) is 1. The summed E-state index contributed by atoms with van der Waals surface area (Å²) in [4.78, 5) is 63.8. The van der Waals surface area contributed by atoms with Gasteiger partial charge in [-0.25, -0.2) is 0 Å². The molecule has 6 N–H and O–H groups in total. The lowest BCUT2D eigenvalue weighted by molar-refractivity contribution is -0.137. The van der Waals surface area contributed by atoms with Gasteiger partial charge >= 0.3 is 0 Å². The monoisotopic (exact) mass is 647 g/mol. The molecule has 1 aromatic carbocycles. The molecule has 0 aliphatic carbocycles. The average Bonchev–Trinajstić information content (AvgIpc) is 3.60. The molecule has 5 amide bonds. The molecule has 45 heavy (non-hydrogen) atoms. The summed E-state index contributed by atoms with van der Waals surface area (Å²) in [5.41, 5.74) is 0.878. The smallest absolute Gasteiger partial charge is 0.245 e. The molecule has 0 aromatic heterocycles. The Kier molecular flexibility index (Phi) is 13.2. The normalized spacial score (nSPS) is 22.5. The van der Waals surface area contributed by atoms with Gasteiger partial charge in [-0.15, -0.1) is 11.8 Å². The second-order valence-electron chi connectivity index (χ2n) is 12.8. The Morgan fingerprint density at radius 3 is 2.16 bits per heavy atom. The second-order valence-corrected chi connectivity index (χ2v) is 14.1. The van der Waals surface area contributed by atoms with E-state index in [1.54, 1.807) is 20.8 Å². The maximum Gasteiger partial charge on any atom is 0.245 e. The minimum atomic E-state index is -1.19. The molecule has 2 heterocycles. The molecule has 2 aliphatic heterocycles. The Labute approximate surface area is 269 Å². The van der Waals surface area contributed by atoms with Gasteiger partial charge in [0.2, 0.25) is 29.5 Å². The van der Waals surface area contributed by atoms with Gasteiger partial charge in [0.25, 0.3) is 0 Å². The predicted octanol–water partition coefficient (Wildman–Crippen LogP) is 1.21. The van der Waals surface area contributed by atoms with Gasteiger partial charge in [-0.2, -0.15) is 0 Å². The number of nitrogens with one attached hydrogen (secondary N) is 5. The third-order valence-corrected chi connectivity index (χ3v) is 9.20. The van der Waals surface area contributed by atoms with Crippen molar-refractivity contribution in [3.63, 3.8) is 0 Å². The van der Waals surface area contributed by atoms with Gasteiger partial charge in [-0.1, -0.05) is 58.0 Å². The lowest BCUT2D eigenvalue weighted by Gasteiger charge is -2.31. The van der Waals surface area contributed by atoms with Crippen LogP contribution in [0, 0.1) is 17.8 Å². The average molecular weight is 648 g/mol. The summed E-state index contributed by atoms with van der Waals surface area (Å²) in [6, 6.07) is 5.64. The van der Waals surface area contributed by atoms with Gasteiger partial charge in [0, 0.05) is 25.1 Å². The highest BCUT2D eigenvalue weighted by Gasteiger charge is 2.51. The third kappa shape index (κ3) is 11.0. The maximum absolute atomic E-state index is 13.9. The number of rotatable bonds is 17. The number of amides is 5. The van der Waals surface area contributed by atoms with Crippen LogP contribution >= 0.6 is 11.8 Å². The van der Waals surface area contributed by atoms with Crippen LogP contribution in [-0.4, -0.2) is 82.1 Å². The van der Waals surface area contributed by atoms with E-state index in [2.05, 4.69) is 26.6 Å². The Bertz CT molecular complexity index is 1190. The third-order valence-electron chi connectivity index (χ3n) is 8.04. The summed E-state index contributed by atoms with van der Waals surface area (Å²) in [5.74, 6) is -2.27. The van der Waals surface area contributed by atoms with Crippen LogP contribution < -0.4 is 26.6 Å². The molecular weight excluding hydrogens is 598 g/mol. The highest BCUT2D eigenvalue weighted by atomic mass is 32.2. The first-order valence-corrected chi connectivity index (χ1v) is 16.7. The van der Waals surface area contributed by atoms with E-state index in [1.165, 1.54) is 18.7 Å². The number of hydrogen-bond donors (Lipinski definition) is 6. The molecule has 13 heteroatoms. The van der Waals surface area contributed by atoms with Gasteiger partial charge in [-0.3, -0.25) is 24.0 Å². The van der Waals surface area contributed by atoms with E-state index in [0.29, 0.717) is 25.1 Å². The van der Waals surface area contributed by atoms with Gasteiger partial charge in [0.1, 0.15) is 23.1 Å². The Morgan fingerprint density at radius 1 is 0.978 bits per heavy atom. The molecule has 250 valence electrons. The van der Waals surface area contributed by atoms with Crippen LogP contribution in [0.25, 0.3) is 0 Å². The minimum Gasteiger partial charge on any atom is -0.376 e. The van der Waals surface area contributed by atoms with Crippen molar-refractivity contribution >= 4 is 41.3 Å². The number of aliphatic hydroxyl groups is 1. The first-order valence-electron chi connectivity index (χ1n) is 15.7. The summed E-state index contributed by atoms with van der Waals surface area (Å²) in [6.07, 6.45) is 0.391. The standard InChI is InChI=1S/C32H49N5O7S/c1-18(2)14-24(29(40)36-25(32(43)17-45-32)15-23-12-13-33-28(23)39)35-31(42)27(20(5)44-16-22-10-8-7-9-11-22)37-30(41)26(19(3)4)34-21(6)38/h7-11,18-20,23-27,43H,12-17H2,1-6H3,(H,33,39)(H,34,38)(H,35,42)(H,36,40)(H,37,41)/t20-,23+,24+,25+,26+,27+,32+/m1/s1. The van der Waals surface area contributed by atoms with E-state index in [4.69, 9.17) is 4.74 Å². The van der Waals surface area contributed by atoms with Crippen LogP contribution in [-0.2, 0) is 35.3 Å². The Balaban J connectivity index is 1.79. The zero-order valence-corrected chi connectivity index (χ0v) is 27.9. The largest absolute Gasteiger partial charge is 0.376 e. The lowest BCUT2D eigenvalue weighted by atomic mass is 9.94. The van der Waals surface area contributed by atoms with Gasteiger partial charge < -0.3 is 36.4 Å². The summed E-state index contributed by atoms with van der Waals surface area (Å²) in [7, 11) is 0. The second kappa shape index (κ2) is 16.4. The fraction of sp³-hybridized carbons (Fsp3) is 0.656. The lowest BCUT2D eigenvalue weighted by Crippen LogP contribution is -2.61. The molecule has 2 fully saturated rings.